The molecule has 0 unspecified atom stereocenters. The lowest BCUT2D eigenvalue weighted by Gasteiger charge is -2.25. The SMILES string of the molecule is CC(C)C[C@H](NNC(=O)c1ccccc1N=[N+]=[N-])C(=O)OC(C)(C)C. The van der Waals surface area contributed by atoms with Gasteiger partial charge in [-0.3, -0.25) is 15.0 Å². The standard InChI is InChI=1S/C17H25N5O3/c1-11(2)10-14(16(24)25-17(3,4)5)19-21-15(23)12-8-6-7-9-13(12)20-22-18/h6-9,11,14,19H,10H2,1-5H3,(H,21,23)/t14-/m0/s1. The zero-order chi connectivity index (χ0) is 19.0. The van der Waals surface area contributed by atoms with Crippen molar-refractivity contribution in [2.75, 3.05) is 0 Å². The average Bonchev–Trinajstić information content (AvgIpc) is 2.50. The van der Waals surface area contributed by atoms with Crippen LogP contribution in [-0.4, -0.2) is 23.5 Å². The van der Waals surface area contributed by atoms with E-state index in [9.17, 15) is 9.59 Å². The van der Waals surface area contributed by atoms with E-state index in [2.05, 4.69) is 20.9 Å². The quantitative estimate of drug-likeness (QED) is 0.257. The second kappa shape index (κ2) is 9.05. The summed E-state index contributed by atoms with van der Waals surface area (Å²) < 4.78 is 5.38. The van der Waals surface area contributed by atoms with Gasteiger partial charge in [0.15, 0.2) is 0 Å². The highest BCUT2D eigenvalue weighted by Gasteiger charge is 2.26. The lowest BCUT2D eigenvalue weighted by Crippen LogP contribution is -2.50. The topological polar surface area (TPSA) is 116 Å². The first-order valence-corrected chi connectivity index (χ1v) is 8.07. The second-order valence-corrected chi connectivity index (χ2v) is 7.02. The van der Waals surface area contributed by atoms with Crippen LogP contribution in [-0.2, 0) is 9.53 Å². The minimum absolute atomic E-state index is 0.209. The molecule has 0 aliphatic carbocycles. The molecule has 136 valence electrons. The van der Waals surface area contributed by atoms with Crippen molar-refractivity contribution in [1.82, 2.24) is 10.9 Å². The first-order chi connectivity index (χ1) is 11.6. The molecule has 0 aromatic heterocycles. The van der Waals surface area contributed by atoms with Gasteiger partial charge >= 0.3 is 5.97 Å². The number of nitrogens with zero attached hydrogens (tertiary/aromatic N) is 3. The lowest BCUT2D eigenvalue weighted by atomic mass is 10.0. The fourth-order valence-electron chi connectivity index (χ4n) is 2.08. The van der Waals surface area contributed by atoms with Gasteiger partial charge in [-0.25, -0.2) is 5.43 Å². The summed E-state index contributed by atoms with van der Waals surface area (Å²) in [7, 11) is 0. The van der Waals surface area contributed by atoms with Crippen molar-refractivity contribution in [3.8, 4) is 0 Å². The highest BCUT2D eigenvalue weighted by atomic mass is 16.6. The maximum atomic E-state index is 12.3. The third-order valence-corrected chi connectivity index (χ3v) is 3.06. The molecular formula is C17H25N5O3. The van der Waals surface area contributed by atoms with Crippen molar-refractivity contribution in [3.05, 3.63) is 40.3 Å². The van der Waals surface area contributed by atoms with E-state index in [0.717, 1.165) is 0 Å². The minimum Gasteiger partial charge on any atom is -0.459 e. The Morgan fingerprint density at radius 2 is 1.92 bits per heavy atom. The van der Waals surface area contributed by atoms with Crippen LogP contribution in [0.2, 0.25) is 0 Å². The first kappa shape index (κ1) is 20.5. The van der Waals surface area contributed by atoms with E-state index in [1.807, 2.05) is 13.8 Å². The molecule has 0 saturated carbocycles. The summed E-state index contributed by atoms with van der Waals surface area (Å²) in [4.78, 5) is 27.3. The summed E-state index contributed by atoms with van der Waals surface area (Å²) in [5.74, 6) is -0.720. The molecule has 1 aromatic carbocycles. The maximum absolute atomic E-state index is 12.3. The van der Waals surface area contributed by atoms with Gasteiger partial charge in [-0.2, -0.15) is 0 Å². The summed E-state index contributed by atoms with van der Waals surface area (Å²) in [5, 5.41) is 3.49. The minimum atomic E-state index is -0.685. The summed E-state index contributed by atoms with van der Waals surface area (Å²) >= 11 is 0. The van der Waals surface area contributed by atoms with Crippen LogP contribution in [0.5, 0.6) is 0 Å². The van der Waals surface area contributed by atoms with E-state index >= 15 is 0 Å². The Bertz CT molecular complexity index is 660. The van der Waals surface area contributed by atoms with Gasteiger partial charge in [0, 0.05) is 4.91 Å². The van der Waals surface area contributed by atoms with Crippen LogP contribution in [0, 0.1) is 5.92 Å². The van der Waals surface area contributed by atoms with Crippen molar-refractivity contribution in [2.24, 2.45) is 11.0 Å². The number of ether oxygens (including phenoxy) is 1. The molecule has 0 aliphatic heterocycles. The Morgan fingerprint density at radius 3 is 2.48 bits per heavy atom. The number of esters is 1. The molecule has 25 heavy (non-hydrogen) atoms. The molecule has 0 saturated heterocycles. The van der Waals surface area contributed by atoms with E-state index in [1.54, 1.807) is 32.9 Å². The van der Waals surface area contributed by atoms with E-state index in [0.29, 0.717) is 6.42 Å². The molecule has 0 bridgehead atoms. The van der Waals surface area contributed by atoms with E-state index in [4.69, 9.17) is 10.3 Å². The normalized spacial score (nSPS) is 12.2. The van der Waals surface area contributed by atoms with Gasteiger partial charge in [-0.1, -0.05) is 37.2 Å². The van der Waals surface area contributed by atoms with Gasteiger partial charge in [0.1, 0.15) is 11.6 Å². The third-order valence-electron chi connectivity index (χ3n) is 3.06. The van der Waals surface area contributed by atoms with Crippen LogP contribution >= 0.6 is 0 Å². The van der Waals surface area contributed by atoms with Crippen molar-refractivity contribution >= 4 is 17.6 Å². The molecule has 1 atom stereocenters. The molecule has 2 N–H and O–H groups in total. The Morgan fingerprint density at radius 1 is 1.28 bits per heavy atom. The second-order valence-electron chi connectivity index (χ2n) is 7.02. The number of amides is 1. The van der Waals surface area contributed by atoms with Crippen LogP contribution < -0.4 is 10.9 Å². The zero-order valence-corrected chi connectivity index (χ0v) is 15.2. The lowest BCUT2D eigenvalue weighted by molar-refractivity contribution is -0.158. The summed E-state index contributed by atoms with van der Waals surface area (Å²) in [5.41, 5.74) is 13.6. The predicted octanol–water partition coefficient (Wildman–Crippen LogP) is 3.62. The Labute approximate surface area is 147 Å². The fraction of sp³-hybridized carbons (Fsp3) is 0.529. The highest BCUT2D eigenvalue weighted by Crippen LogP contribution is 2.18. The molecule has 8 nitrogen and oxygen atoms in total. The summed E-state index contributed by atoms with van der Waals surface area (Å²) in [6.45, 7) is 9.29. The zero-order valence-electron chi connectivity index (χ0n) is 15.2. The van der Waals surface area contributed by atoms with Crippen molar-refractivity contribution in [3.63, 3.8) is 0 Å². The number of carbonyl (C=O) groups excluding carboxylic acids is 2. The molecular weight excluding hydrogens is 322 g/mol. The highest BCUT2D eigenvalue weighted by molar-refractivity contribution is 5.98. The van der Waals surface area contributed by atoms with Gasteiger partial charge in [-0.05, 0) is 44.7 Å². The molecule has 0 radical (unpaired) electrons. The van der Waals surface area contributed by atoms with Crippen molar-refractivity contribution < 1.29 is 14.3 Å². The number of hydrogen-bond acceptors (Lipinski definition) is 5. The number of azide groups is 1. The van der Waals surface area contributed by atoms with Crippen LogP contribution in [0.15, 0.2) is 29.4 Å². The number of nitrogens with one attached hydrogen (secondary N) is 2. The van der Waals surface area contributed by atoms with Crippen LogP contribution in [0.3, 0.4) is 0 Å². The smallest absolute Gasteiger partial charge is 0.325 e. The number of hydrazine groups is 1. The Kier molecular flexibility index (Phi) is 7.42. The largest absolute Gasteiger partial charge is 0.459 e. The summed E-state index contributed by atoms with van der Waals surface area (Å²) in [6, 6.07) is 5.70. The number of rotatable bonds is 7. The monoisotopic (exact) mass is 347 g/mol. The molecule has 1 rings (SSSR count). The Balaban J connectivity index is 2.84. The molecule has 1 aromatic rings. The van der Waals surface area contributed by atoms with Gasteiger partial charge in [-0.15, -0.1) is 0 Å². The molecule has 0 spiro atoms. The molecule has 0 heterocycles. The predicted molar refractivity (Wildman–Crippen MR) is 94.9 cm³/mol. The van der Waals surface area contributed by atoms with Gasteiger partial charge in [0.25, 0.3) is 5.91 Å². The summed E-state index contributed by atoms with van der Waals surface area (Å²) in [6.07, 6.45) is 0.493. The fourth-order valence-corrected chi connectivity index (χ4v) is 2.08. The molecule has 8 heteroatoms. The first-order valence-electron chi connectivity index (χ1n) is 8.07. The van der Waals surface area contributed by atoms with Gasteiger partial charge in [0.05, 0.1) is 11.3 Å². The van der Waals surface area contributed by atoms with Gasteiger partial charge in [0.2, 0.25) is 0 Å². The van der Waals surface area contributed by atoms with Crippen molar-refractivity contribution in [2.45, 2.75) is 52.7 Å². The van der Waals surface area contributed by atoms with Crippen molar-refractivity contribution in [1.29, 1.82) is 0 Å². The number of benzene rings is 1. The van der Waals surface area contributed by atoms with E-state index in [1.165, 1.54) is 12.1 Å². The third kappa shape index (κ3) is 7.24. The molecule has 1 amide bonds. The molecule has 0 aliphatic rings. The number of carbonyl (C=O) groups is 2. The average molecular weight is 347 g/mol. The maximum Gasteiger partial charge on any atom is 0.325 e. The van der Waals surface area contributed by atoms with Crippen LogP contribution in [0.1, 0.15) is 51.4 Å². The number of hydrogen-bond donors (Lipinski definition) is 2. The van der Waals surface area contributed by atoms with E-state index < -0.39 is 23.5 Å². The van der Waals surface area contributed by atoms with Crippen LogP contribution in [0.25, 0.3) is 10.4 Å². The van der Waals surface area contributed by atoms with Gasteiger partial charge < -0.3 is 4.74 Å². The molecule has 0 fully saturated rings. The van der Waals surface area contributed by atoms with Crippen LogP contribution in [0.4, 0.5) is 5.69 Å². The van der Waals surface area contributed by atoms with E-state index in [-0.39, 0.29) is 17.2 Å². The Hall–Kier alpha value is -2.57.